The quantitative estimate of drug-likeness (QED) is 0.778. The topological polar surface area (TPSA) is 94.9 Å². The van der Waals surface area contributed by atoms with E-state index in [2.05, 4.69) is 10.4 Å². The number of nitrogen functional groups attached to an aromatic ring is 1. The van der Waals surface area contributed by atoms with Gasteiger partial charge in [-0.05, 0) is 6.07 Å². The molecule has 2 aromatic rings. The monoisotopic (exact) mass is 247 g/mol. The first-order valence-corrected chi connectivity index (χ1v) is 5.24. The first kappa shape index (κ1) is 11.9. The molecule has 0 unspecified atom stereocenters. The summed E-state index contributed by atoms with van der Waals surface area (Å²) in [5.74, 6) is 0.00340. The highest BCUT2D eigenvalue weighted by Gasteiger charge is 2.12. The highest BCUT2D eigenvalue weighted by Crippen LogP contribution is 2.16. The van der Waals surface area contributed by atoms with E-state index in [9.17, 15) is 9.59 Å². The van der Waals surface area contributed by atoms with Crippen molar-refractivity contribution < 1.29 is 4.79 Å². The number of rotatable bonds is 2. The van der Waals surface area contributed by atoms with E-state index < -0.39 is 5.91 Å². The average Bonchev–Trinajstić information content (AvgIpc) is 2.64. The Balaban J connectivity index is 2.28. The fourth-order valence-electron chi connectivity index (χ4n) is 1.48. The Morgan fingerprint density at radius 2 is 2.17 bits per heavy atom. The van der Waals surface area contributed by atoms with Crippen molar-refractivity contribution in [2.45, 2.75) is 0 Å². The third-order valence-electron chi connectivity index (χ3n) is 2.57. The van der Waals surface area contributed by atoms with Crippen LogP contribution < -0.4 is 16.6 Å². The number of aromatic nitrogens is 3. The molecule has 0 saturated heterocycles. The van der Waals surface area contributed by atoms with Crippen molar-refractivity contribution in [3.8, 4) is 0 Å². The molecule has 7 nitrogen and oxygen atoms in total. The van der Waals surface area contributed by atoms with Gasteiger partial charge in [-0.25, -0.2) is 0 Å². The van der Waals surface area contributed by atoms with Gasteiger partial charge in [0.25, 0.3) is 11.5 Å². The van der Waals surface area contributed by atoms with Crippen LogP contribution in [-0.2, 0) is 14.1 Å². The lowest BCUT2D eigenvalue weighted by atomic mass is 10.2. The van der Waals surface area contributed by atoms with Gasteiger partial charge in [0, 0.05) is 31.9 Å². The number of anilines is 2. The largest absolute Gasteiger partial charge is 0.394 e. The maximum Gasteiger partial charge on any atom is 0.257 e. The maximum atomic E-state index is 11.9. The minimum Gasteiger partial charge on any atom is -0.394 e. The minimum absolute atomic E-state index is 0.249. The number of hydrogen-bond acceptors (Lipinski definition) is 4. The number of aryl methyl sites for hydroxylation is 2. The lowest BCUT2D eigenvalue weighted by Gasteiger charge is -2.06. The summed E-state index contributed by atoms with van der Waals surface area (Å²) in [6.45, 7) is 0. The van der Waals surface area contributed by atoms with Gasteiger partial charge in [0.2, 0.25) is 0 Å². The van der Waals surface area contributed by atoms with E-state index in [-0.39, 0.29) is 11.1 Å². The minimum atomic E-state index is -0.400. The van der Waals surface area contributed by atoms with Crippen molar-refractivity contribution >= 4 is 17.4 Å². The summed E-state index contributed by atoms with van der Waals surface area (Å²) in [4.78, 5) is 23.3. The fraction of sp³-hybridized carbons (Fsp3) is 0.182. The molecule has 0 aliphatic carbocycles. The van der Waals surface area contributed by atoms with Gasteiger partial charge >= 0.3 is 0 Å². The molecule has 0 atom stereocenters. The summed E-state index contributed by atoms with van der Waals surface area (Å²) in [7, 11) is 3.28. The Hall–Kier alpha value is -2.57. The van der Waals surface area contributed by atoms with Gasteiger partial charge < -0.3 is 15.6 Å². The zero-order chi connectivity index (χ0) is 13.3. The number of hydrogen-bond donors (Lipinski definition) is 2. The van der Waals surface area contributed by atoms with E-state index in [0.717, 1.165) is 0 Å². The molecule has 1 amide bonds. The Morgan fingerprint density at radius 1 is 1.44 bits per heavy atom. The Labute approximate surface area is 103 Å². The molecule has 0 aliphatic heterocycles. The number of pyridine rings is 1. The van der Waals surface area contributed by atoms with E-state index in [4.69, 9.17) is 5.73 Å². The van der Waals surface area contributed by atoms with Crippen LogP contribution >= 0.6 is 0 Å². The van der Waals surface area contributed by atoms with Crippen LogP contribution in [0.1, 0.15) is 10.4 Å². The van der Waals surface area contributed by atoms with Crippen LogP contribution in [0.2, 0.25) is 0 Å². The second-order valence-electron chi connectivity index (χ2n) is 3.89. The number of amides is 1. The van der Waals surface area contributed by atoms with Crippen LogP contribution in [0.25, 0.3) is 0 Å². The molecule has 0 aliphatic rings. The van der Waals surface area contributed by atoms with E-state index in [1.807, 2.05) is 0 Å². The van der Waals surface area contributed by atoms with Gasteiger partial charge in [-0.3, -0.25) is 14.3 Å². The fourth-order valence-corrected chi connectivity index (χ4v) is 1.48. The van der Waals surface area contributed by atoms with E-state index >= 15 is 0 Å². The molecule has 7 heteroatoms. The molecule has 18 heavy (non-hydrogen) atoms. The zero-order valence-corrected chi connectivity index (χ0v) is 10.0. The smallest absolute Gasteiger partial charge is 0.257 e. The standard InChI is InChI=1S/C11H13N5O2/c1-15-4-3-7(5-9(15)17)11(18)14-10-8(12)6-13-16(10)2/h3-6H,12H2,1-2H3,(H,14,18). The van der Waals surface area contributed by atoms with Crippen molar-refractivity contribution in [1.29, 1.82) is 0 Å². The summed E-state index contributed by atoms with van der Waals surface area (Å²) >= 11 is 0. The summed E-state index contributed by atoms with van der Waals surface area (Å²) < 4.78 is 2.84. The van der Waals surface area contributed by atoms with Crippen molar-refractivity contribution in [3.05, 3.63) is 40.4 Å². The lowest BCUT2D eigenvalue weighted by molar-refractivity contribution is 0.102. The van der Waals surface area contributed by atoms with Gasteiger partial charge in [0.15, 0.2) is 5.82 Å². The SMILES string of the molecule is Cn1ncc(N)c1NC(=O)c1ccn(C)c(=O)c1. The Kier molecular flexibility index (Phi) is 2.88. The number of nitrogens with one attached hydrogen (secondary N) is 1. The summed E-state index contributed by atoms with van der Waals surface area (Å²) in [5, 5.41) is 6.52. The predicted octanol–water partition coefficient (Wildman–Crippen LogP) is -0.0467. The molecule has 3 N–H and O–H groups in total. The van der Waals surface area contributed by atoms with Crippen molar-refractivity contribution in [2.24, 2.45) is 14.1 Å². The third-order valence-corrected chi connectivity index (χ3v) is 2.57. The summed E-state index contributed by atoms with van der Waals surface area (Å²) in [6.07, 6.45) is 2.98. The van der Waals surface area contributed by atoms with Gasteiger partial charge in [-0.1, -0.05) is 0 Å². The molecule has 0 saturated carbocycles. The molecule has 0 radical (unpaired) electrons. The molecule has 0 aromatic carbocycles. The Bertz CT molecular complexity index is 636. The number of nitrogens with zero attached hydrogens (tertiary/aromatic N) is 3. The first-order valence-electron chi connectivity index (χ1n) is 5.24. The highest BCUT2D eigenvalue weighted by molar-refractivity contribution is 6.04. The zero-order valence-electron chi connectivity index (χ0n) is 10.0. The van der Waals surface area contributed by atoms with Crippen LogP contribution in [0.15, 0.2) is 29.3 Å². The van der Waals surface area contributed by atoms with Crippen molar-refractivity contribution in [3.63, 3.8) is 0 Å². The molecule has 2 heterocycles. The van der Waals surface area contributed by atoms with Crippen LogP contribution in [0.3, 0.4) is 0 Å². The number of carbonyl (C=O) groups excluding carboxylic acids is 1. The van der Waals surface area contributed by atoms with Crippen LogP contribution in [-0.4, -0.2) is 20.3 Å². The average molecular weight is 247 g/mol. The molecular weight excluding hydrogens is 234 g/mol. The molecule has 2 aromatic heterocycles. The van der Waals surface area contributed by atoms with Crippen molar-refractivity contribution in [2.75, 3.05) is 11.1 Å². The second kappa shape index (κ2) is 4.36. The van der Waals surface area contributed by atoms with Crippen LogP contribution in [0, 0.1) is 0 Å². The van der Waals surface area contributed by atoms with Gasteiger partial charge in [0.1, 0.15) is 0 Å². The molecule has 0 fully saturated rings. The maximum absolute atomic E-state index is 11.9. The van der Waals surface area contributed by atoms with E-state index in [1.54, 1.807) is 20.2 Å². The normalized spacial score (nSPS) is 10.3. The van der Waals surface area contributed by atoms with Gasteiger partial charge in [-0.15, -0.1) is 0 Å². The summed E-state index contributed by atoms with van der Waals surface area (Å²) in [5.41, 5.74) is 6.06. The highest BCUT2D eigenvalue weighted by atomic mass is 16.2. The first-order chi connectivity index (χ1) is 8.49. The number of nitrogens with two attached hydrogens (primary N) is 1. The van der Waals surface area contributed by atoms with Crippen LogP contribution in [0.5, 0.6) is 0 Å². The van der Waals surface area contributed by atoms with E-state index in [0.29, 0.717) is 11.5 Å². The number of carbonyl (C=O) groups is 1. The van der Waals surface area contributed by atoms with Crippen molar-refractivity contribution in [1.82, 2.24) is 14.3 Å². The van der Waals surface area contributed by atoms with E-state index in [1.165, 1.54) is 27.7 Å². The van der Waals surface area contributed by atoms with Crippen LogP contribution in [0.4, 0.5) is 11.5 Å². The molecule has 0 spiro atoms. The summed E-state index contributed by atoms with van der Waals surface area (Å²) in [6, 6.07) is 2.82. The molecule has 2 rings (SSSR count). The third kappa shape index (κ3) is 2.10. The van der Waals surface area contributed by atoms with Gasteiger partial charge in [-0.2, -0.15) is 5.10 Å². The van der Waals surface area contributed by atoms with Gasteiger partial charge in [0.05, 0.1) is 11.9 Å². The molecule has 94 valence electrons. The molecular formula is C11H13N5O2. The second-order valence-corrected chi connectivity index (χ2v) is 3.89. The Morgan fingerprint density at radius 3 is 2.72 bits per heavy atom. The molecule has 0 bridgehead atoms. The predicted molar refractivity (Wildman–Crippen MR) is 67.3 cm³/mol. The lowest BCUT2D eigenvalue weighted by Crippen LogP contribution is -2.21.